The van der Waals surface area contributed by atoms with E-state index >= 15 is 0 Å². The predicted molar refractivity (Wildman–Crippen MR) is 94.8 cm³/mol. The number of nitrogens with zero attached hydrogens (tertiary/aromatic N) is 1. The van der Waals surface area contributed by atoms with Gasteiger partial charge in [-0.2, -0.15) is 0 Å². The molecule has 0 saturated carbocycles. The number of likely N-dealkylation sites (tertiary alicyclic amines) is 1. The molecule has 0 radical (unpaired) electrons. The number of rotatable bonds is 5. The van der Waals surface area contributed by atoms with Crippen molar-refractivity contribution in [3.8, 4) is 0 Å². The quantitative estimate of drug-likeness (QED) is 0.791. The molecular formula is C19H24FN3O3. The minimum Gasteiger partial charge on any atom is -0.463 e. The molecule has 0 unspecified atom stereocenters. The standard InChI is InChI=1S/C19H24FN3O3/c1-2-26-18(24)16-15(12-23-9-4-3-5-10-23)21-19(25)22-17(16)13-7-6-8-14(20)11-13/h6-8,11,17H,2-5,9-10,12H2,1H3,(H2,21,22,25)/t17-/m1/s1. The Morgan fingerprint density at radius 2 is 2.08 bits per heavy atom. The fourth-order valence-electron chi connectivity index (χ4n) is 3.47. The van der Waals surface area contributed by atoms with Crippen molar-refractivity contribution in [2.75, 3.05) is 26.2 Å². The average Bonchev–Trinajstić information content (AvgIpc) is 2.62. The largest absolute Gasteiger partial charge is 0.463 e. The van der Waals surface area contributed by atoms with Crippen LogP contribution in [-0.4, -0.2) is 43.1 Å². The van der Waals surface area contributed by atoms with Crippen molar-refractivity contribution < 1.29 is 18.7 Å². The molecule has 2 amide bonds. The Bertz CT molecular complexity index is 714. The summed E-state index contributed by atoms with van der Waals surface area (Å²) in [4.78, 5) is 27.0. The Morgan fingerprint density at radius 1 is 1.31 bits per heavy atom. The molecule has 1 aromatic carbocycles. The first-order chi connectivity index (χ1) is 12.6. The van der Waals surface area contributed by atoms with Crippen molar-refractivity contribution in [2.45, 2.75) is 32.2 Å². The number of amides is 2. The summed E-state index contributed by atoms with van der Waals surface area (Å²) in [6.07, 6.45) is 3.39. The predicted octanol–water partition coefficient (Wildman–Crippen LogP) is 2.48. The number of halogens is 1. The van der Waals surface area contributed by atoms with Gasteiger partial charge in [0.25, 0.3) is 0 Å². The molecule has 1 atom stereocenters. The number of hydrogen-bond donors (Lipinski definition) is 2. The van der Waals surface area contributed by atoms with Gasteiger partial charge in [0.05, 0.1) is 18.2 Å². The average molecular weight is 361 g/mol. The fraction of sp³-hybridized carbons (Fsp3) is 0.474. The molecule has 26 heavy (non-hydrogen) atoms. The minimum absolute atomic E-state index is 0.225. The first-order valence-electron chi connectivity index (χ1n) is 9.04. The molecule has 0 bridgehead atoms. The van der Waals surface area contributed by atoms with Gasteiger partial charge in [-0.25, -0.2) is 14.0 Å². The molecule has 1 fully saturated rings. The Labute approximate surface area is 152 Å². The zero-order valence-electron chi connectivity index (χ0n) is 14.9. The molecule has 0 aromatic heterocycles. The maximum absolute atomic E-state index is 13.7. The second-order valence-corrected chi connectivity index (χ2v) is 6.54. The van der Waals surface area contributed by atoms with Crippen LogP contribution >= 0.6 is 0 Å². The summed E-state index contributed by atoms with van der Waals surface area (Å²) in [7, 11) is 0. The third-order valence-electron chi connectivity index (χ3n) is 4.66. The maximum Gasteiger partial charge on any atom is 0.338 e. The van der Waals surface area contributed by atoms with E-state index in [1.165, 1.54) is 18.6 Å². The SMILES string of the molecule is CCOC(=O)C1=C(CN2CCCCC2)NC(=O)N[C@@H]1c1cccc(F)c1. The Morgan fingerprint density at radius 3 is 2.77 bits per heavy atom. The lowest BCUT2D eigenvalue weighted by Gasteiger charge is -2.33. The number of ether oxygens (including phenoxy) is 1. The molecule has 2 N–H and O–H groups in total. The number of nitrogens with one attached hydrogen (secondary N) is 2. The molecule has 140 valence electrons. The summed E-state index contributed by atoms with van der Waals surface area (Å²) in [5, 5.41) is 5.48. The molecular weight excluding hydrogens is 337 g/mol. The van der Waals surface area contributed by atoms with E-state index in [1.54, 1.807) is 19.1 Å². The normalized spacial score (nSPS) is 21.2. The maximum atomic E-state index is 13.7. The third-order valence-corrected chi connectivity index (χ3v) is 4.66. The van der Waals surface area contributed by atoms with E-state index in [0.717, 1.165) is 25.9 Å². The van der Waals surface area contributed by atoms with Crippen LogP contribution in [0.25, 0.3) is 0 Å². The van der Waals surface area contributed by atoms with Crippen LogP contribution in [0.1, 0.15) is 37.8 Å². The van der Waals surface area contributed by atoms with Crippen molar-refractivity contribution in [1.82, 2.24) is 15.5 Å². The number of carbonyl (C=O) groups is 2. The monoisotopic (exact) mass is 361 g/mol. The molecule has 2 heterocycles. The van der Waals surface area contributed by atoms with Crippen molar-refractivity contribution in [3.05, 3.63) is 46.9 Å². The van der Waals surface area contributed by atoms with E-state index in [2.05, 4.69) is 15.5 Å². The first kappa shape index (κ1) is 18.4. The van der Waals surface area contributed by atoms with Gasteiger partial charge in [-0.3, -0.25) is 4.90 Å². The van der Waals surface area contributed by atoms with Gasteiger partial charge in [0.1, 0.15) is 5.82 Å². The fourth-order valence-corrected chi connectivity index (χ4v) is 3.47. The second-order valence-electron chi connectivity index (χ2n) is 6.54. The number of esters is 1. The summed E-state index contributed by atoms with van der Waals surface area (Å²) in [5.41, 5.74) is 1.38. The smallest absolute Gasteiger partial charge is 0.338 e. The number of benzene rings is 1. The summed E-state index contributed by atoms with van der Waals surface area (Å²) in [5.74, 6) is -0.919. The highest BCUT2D eigenvalue weighted by Gasteiger charge is 2.34. The summed E-state index contributed by atoms with van der Waals surface area (Å²) in [6.45, 7) is 4.27. The summed E-state index contributed by atoms with van der Waals surface area (Å²) >= 11 is 0. The molecule has 6 nitrogen and oxygen atoms in total. The summed E-state index contributed by atoms with van der Waals surface area (Å²) in [6, 6.07) is 4.77. The Hall–Kier alpha value is -2.41. The van der Waals surface area contributed by atoms with Crippen LogP contribution in [0.15, 0.2) is 35.5 Å². The van der Waals surface area contributed by atoms with Crippen molar-refractivity contribution >= 4 is 12.0 Å². The van der Waals surface area contributed by atoms with E-state index in [-0.39, 0.29) is 6.61 Å². The molecule has 0 aliphatic carbocycles. The first-order valence-corrected chi connectivity index (χ1v) is 9.04. The van der Waals surface area contributed by atoms with Gasteiger partial charge in [0.15, 0.2) is 0 Å². The molecule has 2 aliphatic heterocycles. The van der Waals surface area contributed by atoms with E-state index < -0.39 is 23.9 Å². The van der Waals surface area contributed by atoms with Gasteiger partial charge in [-0.05, 0) is 50.6 Å². The Balaban J connectivity index is 1.98. The highest BCUT2D eigenvalue weighted by atomic mass is 19.1. The van der Waals surface area contributed by atoms with Crippen LogP contribution in [0.2, 0.25) is 0 Å². The van der Waals surface area contributed by atoms with E-state index in [0.29, 0.717) is 23.4 Å². The minimum atomic E-state index is -0.738. The molecule has 1 aromatic rings. The Kier molecular flexibility index (Phi) is 5.88. The van der Waals surface area contributed by atoms with Gasteiger partial charge in [0, 0.05) is 12.2 Å². The van der Waals surface area contributed by atoms with E-state index in [9.17, 15) is 14.0 Å². The van der Waals surface area contributed by atoms with Crippen molar-refractivity contribution in [3.63, 3.8) is 0 Å². The topological polar surface area (TPSA) is 70.7 Å². The van der Waals surface area contributed by atoms with E-state index in [4.69, 9.17) is 4.74 Å². The van der Waals surface area contributed by atoms with Crippen LogP contribution in [0, 0.1) is 5.82 Å². The van der Waals surface area contributed by atoms with Crippen LogP contribution in [0.5, 0.6) is 0 Å². The van der Waals surface area contributed by atoms with E-state index in [1.807, 2.05) is 0 Å². The zero-order chi connectivity index (χ0) is 18.5. The van der Waals surface area contributed by atoms with Gasteiger partial charge >= 0.3 is 12.0 Å². The lowest BCUT2D eigenvalue weighted by atomic mass is 9.94. The number of hydrogen-bond acceptors (Lipinski definition) is 4. The summed E-state index contributed by atoms with van der Waals surface area (Å²) < 4.78 is 18.9. The number of piperidine rings is 1. The van der Waals surface area contributed by atoms with Crippen molar-refractivity contribution in [2.24, 2.45) is 0 Å². The second kappa shape index (κ2) is 8.31. The van der Waals surface area contributed by atoms with Gasteiger partial charge < -0.3 is 15.4 Å². The van der Waals surface area contributed by atoms with Crippen LogP contribution in [-0.2, 0) is 9.53 Å². The van der Waals surface area contributed by atoms with Crippen molar-refractivity contribution in [1.29, 1.82) is 0 Å². The highest BCUT2D eigenvalue weighted by molar-refractivity contribution is 5.95. The number of carbonyl (C=O) groups excluding carboxylic acids is 2. The lowest BCUT2D eigenvalue weighted by Crippen LogP contribution is -2.49. The van der Waals surface area contributed by atoms with Crippen LogP contribution in [0.3, 0.4) is 0 Å². The molecule has 2 aliphatic rings. The molecule has 0 spiro atoms. The highest BCUT2D eigenvalue weighted by Crippen LogP contribution is 2.29. The van der Waals surface area contributed by atoms with Gasteiger partial charge in [-0.15, -0.1) is 0 Å². The molecule has 3 rings (SSSR count). The van der Waals surface area contributed by atoms with Crippen LogP contribution < -0.4 is 10.6 Å². The zero-order valence-corrected chi connectivity index (χ0v) is 14.9. The molecule has 7 heteroatoms. The van der Waals surface area contributed by atoms with Gasteiger partial charge in [0.2, 0.25) is 0 Å². The number of urea groups is 1. The van der Waals surface area contributed by atoms with Crippen LogP contribution in [0.4, 0.5) is 9.18 Å². The third kappa shape index (κ3) is 4.22. The molecule has 1 saturated heterocycles. The lowest BCUT2D eigenvalue weighted by molar-refractivity contribution is -0.139. The van der Waals surface area contributed by atoms with Gasteiger partial charge in [-0.1, -0.05) is 18.6 Å².